The van der Waals surface area contributed by atoms with Gasteiger partial charge in [-0.25, -0.2) is 4.98 Å². The van der Waals surface area contributed by atoms with Crippen LogP contribution in [-0.2, 0) is 11.3 Å². The Kier molecular flexibility index (Phi) is 3.39. The smallest absolute Gasteiger partial charge is 0.244 e. The number of aryl methyl sites for hydroxylation is 1. The molecule has 1 aromatic carbocycles. The fraction of sp³-hybridized carbons (Fsp3) is 0.154. The van der Waals surface area contributed by atoms with E-state index in [1.807, 2.05) is 13.0 Å². The fourth-order valence-corrected chi connectivity index (χ4v) is 1.59. The monoisotopic (exact) mass is 240 g/mol. The van der Waals surface area contributed by atoms with Crippen LogP contribution in [0, 0.1) is 18.3 Å². The van der Waals surface area contributed by atoms with E-state index in [2.05, 4.69) is 10.3 Å². The molecule has 0 radical (unpaired) electrons. The molecule has 2 aromatic rings. The predicted octanol–water partition coefficient (Wildman–Crippen LogP) is 1.70. The molecule has 5 heteroatoms. The standard InChI is InChI=1S/C13H12N4O/c1-10-15-5-6-17(10)9-13(18)16-12-4-2-3-11(7-12)8-14/h2-7H,9H2,1H3,(H,16,18). The zero-order valence-electron chi connectivity index (χ0n) is 9.92. The first-order chi connectivity index (χ1) is 8.69. The highest BCUT2D eigenvalue weighted by Crippen LogP contribution is 2.09. The lowest BCUT2D eigenvalue weighted by Crippen LogP contribution is -2.19. The number of carbonyl (C=O) groups excluding carboxylic acids is 1. The van der Waals surface area contributed by atoms with Crippen molar-refractivity contribution in [1.29, 1.82) is 5.26 Å². The van der Waals surface area contributed by atoms with E-state index < -0.39 is 0 Å². The Labute approximate surface area is 105 Å². The van der Waals surface area contributed by atoms with Crippen molar-refractivity contribution in [3.63, 3.8) is 0 Å². The minimum absolute atomic E-state index is 0.147. The van der Waals surface area contributed by atoms with Crippen LogP contribution in [0.5, 0.6) is 0 Å². The highest BCUT2D eigenvalue weighted by molar-refractivity contribution is 5.90. The van der Waals surface area contributed by atoms with Gasteiger partial charge in [0.15, 0.2) is 0 Å². The zero-order valence-corrected chi connectivity index (χ0v) is 9.92. The molecule has 18 heavy (non-hydrogen) atoms. The second-order valence-electron chi connectivity index (χ2n) is 3.84. The van der Waals surface area contributed by atoms with E-state index in [9.17, 15) is 4.79 Å². The van der Waals surface area contributed by atoms with Gasteiger partial charge in [0.25, 0.3) is 0 Å². The average molecular weight is 240 g/mol. The number of carbonyl (C=O) groups is 1. The summed E-state index contributed by atoms with van der Waals surface area (Å²) in [5, 5.41) is 11.5. The second-order valence-corrected chi connectivity index (χ2v) is 3.84. The molecule has 0 bridgehead atoms. The van der Waals surface area contributed by atoms with Crippen LogP contribution in [0.2, 0.25) is 0 Å². The van der Waals surface area contributed by atoms with Gasteiger partial charge in [-0.05, 0) is 25.1 Å². The Hall–Kier alpha value is -2.61. The summed E-state index contributed by atoms with van der Waals surface area (Å²) in [6.07, 6.45) is 3.40. The quantitative estimate of drug-likeness (QED) is 0.887. The van der Waals surface area contributed by atoms with Gasteiger partial charge >= 0.3 is 0 Å². The van der Waals surface area contributed by atoms with Crippen molar-refractivity contribution >= 4 is 11.6 Å². The highest BCUT2D eigenvalue weighted by Gasteiger charge is 2.05. The molecule has 2 rings (SSSR count). The number of hydrogen-bond donors (Lipinski definition) is 1. The van der Waals surface area contributed by atoms with Gasteiger partial charge in [0, 0.05) is 18.1 Å². The van der Waals surface area contributed by atoms with Gasteiger partial charge in [0.05, 0.1) is 11.6 Å². The first kappa shape index (κ1) is 11.9. The molecule has 1 amide bonds. The Morgan fingerprint density at radius 3 is 3.06 bits per heavy atom. The Morgan fingerprint density at radius 2 is 2.39 bits per heavy atom. The van der Waals surface area contributed by atoms with E-state index in [0.29, 0.717) is 11.3 Å². The van der Waals surface area contributed by atoms with Crippen molar-refractivity contribution in [2.24, 2.45) is 0 Å². The van der Waals surface area contributed by atoms with E-state index in [1.165, 1.54) is 0 Å². The Bertz CT molecular complexity index is 609. The second kappa shape index (κ2) is 5.15. The molecule has 0 aliphatic rings. The maximum Gasteiger partial charge on any atom is 0.244 e. The van der Waals surface area contributed by atoms with Gasteiger partial charge in [0.2, 0.25) is 5.91 Å². The third kappa shape index (κ3) is 2.74. The van der Waals surface area contributed by atoms with Crippen molar-refractivity contribution < 1.29 is 4.79 Å². The number of nitriles is 1. The van der Waals surface area contributed by atoms with Crippen molar-refractivity contribution in [1.82, 2.24) is 9.55 Å². The van der Waals surface area contributed by atoms with Crippen molar-refractivity contribution in [3.05, 3.63) is 48.0 Å². The van der Waals surface area contributed by atoms with Gasteiger partial charge in [-0.15, -0.1) is 0 Å². The molecule has 1 N–H and O–H groups in total. The number of rotatable bonds is 3. The number of aromatic nitrogens is 2. The van der Waals surface area contributed by atoms with Crippen LogP contribution in [-0.4, -0.2) is 15.5 Å². The number of nitrogens with one attached hydrogen (secondary N) is 1. The summed E-state index contributed by atoms with van der Waals surface area (Å²) < 4.78 is 1.75. The zero-order chi connectivity index (χ0) is 13.0. The Morgan fingerprint density at radius 1 is 1.56 bits per heavy atom. The Balaban J connectivity index is 2.03. The number of anilines is 1. The molecule has 0 saturated heterocycles. The SMILES string of the molecule is Cc1nccn1CC(=O)Nc1cccc(C#N)c1. The van der Waals surface area contributed by atoms with Crippen molar-refractivity contribution in [2.45, 2.75) is 13.5 Å². The van der Waals surface area contributed by atoms with Gasteiger partial charge < -0.3 is 9.88 Å². The van der Waals surface area contributed by atoms with Crippen LogP contribution in [0.15, 0.2) is 36.7 Å². The first-order valence-electron chi connectivity index (χ1n) is 5.47. The molecule has 90 valence electrons. The molecule has 0 aliphatic heterocycles. The van der Waals surface area contributed by atoms with Crippen molar-refractivity contribution in [2.75, 3.05) is 5.32 Å². The number of hydrogen-bond acceptors (Lipinski definition) is 3. The lowest BCUT2D eigenvalue weighted by atomic mass is 10.2. The van der Waals surface area contributed by atoms with Gasteiger partial charge in [-0.1, -0.05) is 6.07 Å². The molecule has 0 unspecified atom stereocenters. The maximum atomic E-state index is 11.8. The average Bonchev–Trinajstić information content (AvgIpc) is 2.75. The number of nitrogens with zero attached hydrogens (tertiary/aromatic N) is 3. The summed E-state index contributed by atoms with van der Waals surface area (Å²) in [6, 6.07) is 8.84. The minimum Gasteiger partial charge on any atom is -0.326 e. The summed E-state index contributed by atoms with van der Waals surface area (Å²) in [7, 11) is 0. The van der Waals surface area contributed by atoms with E-state index in [4.69, 9.17) is 5.26 Å². The largest absolute Gasteiger partial charge is 0.326 e. The van der Waals surface area contributed by atoms with Crippen LogP contribution in [0.25, 0.3) is 0 Å². The maximum absolute atomic E-state index is 11.8. The van der Waals surface area contributed by atoms with E-state index in [0.717, 1.165) is 5.82 Å². The predicted molar refractivity (Wildman–Crippen MR) is 66.8 cm³/mol. The lowest BCUT2D eigenvalue weighted by Gasteiger charge is -2.07. The molecule has 1 aromatic heterocycles. The summed E-state index contributed by atoms with van der Waals surface area (Å²) in [4.78, 5) is 15.8. The van der Waals surface area contributed by atoms with Crippen LogP contribution in [0.1, 0.15) is 11.4 Å². The molecule has 5 nitrogen and oxygen atoms in total. The number of imidazole rings is 1. The highest BCUT2D eigenvalue weighted by atomic mass is 16.1. The lowest BCUT2D eigenvalue weighted by molar-refractivity contribution is -0.116. The number of amides is 1. The normalized spacial score (nSPS) is 9.78. The molecular formula is C13H12N4O. The topological polar surface area (TPSA) is 70.7 Å². The molecule has 0 atom stereocenters. The molecule has 0 fully saturated rings. The molecular weight excluding hydrogens is 228 g/mol. The third-order valence-corrected chi connectivity index (χ3v) is 2.51. The molecule has 0 aliphatic carbocycles. The van der Waals surface area contributed by atoms with E-state index in [-0.39, 0.29) is 12.5 Å². The molecule has 0 spiro atoms. The fourth-order valence-electron chi connectivity index (χ4n) is 1.59. The van der Waals surface area contributed by atoms with Crippen LogP contribution >= 0.6 is 0 Å². The molecule has 0 saturated carbocycles. The van der Waals surface area contributed by atoms with Crippen molar-refractivity contribution in [3.8, 4) is 6.07 Å². The van der Waals surface area contributed by atoms with Crippen LogP contribution in [0.3, 0.4) is 0 Å². The van der Waals surface area contributed by atoms with Gasteiger partial charge in [0.1, 0.15) is 12.4 Å². The van der Waals surface area contributed by atoms with E-state index >= 15 is 0 Å². The summed E-state index contributed by atoms with van der Waals surface area (Å²) in [6.45, 7) is 2.05. The summed E-state index contributed by atoms with van der Waals surface area (Å²) in [5.41, 5.74) is 1.14. The van der Waals surface area contributed by atoms with E-state index in [1.54, 1.807) is 41.2 Å². The van der Waals surface area contributed by atoms with Gasteiger partial charge in [-0.3, -0.25) is 4.79 Å². The summed E-state index contributed by atoms with van der Waals surface area (Å²) >= 11 is 0. The first-order valence-corrected chi connectivity index (χ1v) is 5.47. The van der Waals surface area contributed by atoms with Crippen LogP contribution < -0.4 is 5.32 Å². The summed E-state index contributed by atoms with van der Waals surface area (Å²) in [5.74, 6) is 0.641. The molecule has 1 heterocycles. The third-order valence-electron chi connectivity index (χ3n) is 2.51. The minimum atomic E-state index is -0.147. The number of benzene rings is 1. The van der Waals surface area contributed by atoms with Gasteiger partial charge in [-0.2, -0.15) is 5.26 Å². The van der Waals surface area contributed by atoms with Crippen LogP contribution in [0.4, 0.5) is 5.69 Å².